The summed E-state index contributed by atoms with van der Waals surface area (Å²) in [6, 6.07) is 13.2. The first-order chi connectivity index (χ1) is 14.7. The molecule has 160 valence electrons. The Hall–Kier alpha value is -2.54. The lowest BCUT2D eigenvalue weighted by Gasteiger charge is -2.17. The van der Waals surface area contributed by atoms with Gasteiger partial charge in [-0.15, -0.1) is 0 Å². The first kappa shape index (κ1) is 23.1. The number of urea groups is 1. The van der Waals surface area contributed by atoms with Crippen molar-refractivity contribution in [3.05, 3.63) is 85.3 Å². The third kappa shape index (κ3) is 5.39. The maximum absolute atomic E-state index is 12.4. The van der Waals surface area contributed by atoms with E-state index in [4.69, 9.17) is 27.9 Å². The summed E-state index contributed by atoms with van der Waals surface area (Å²) in [6.07, 6.45) is 0. The third-order valence-electron chi connectivity index (χ3n) is 4.59. The van der Waals surface area contributed by atoms with Crippen LogP contribution in [0.4, 0.5) is 10.5 Å². The monoisotopic (exact) mass is 520 g/mol. The molecule has 3 rings (SSSR count). The zero-order chi connectivity index (χ0) is 22.7. The zero-order valence-corrected chi connectivity index (χ0v) is 20.1. The highest BCUT2D eigenvalue weighted by atomic mass is 79.9. The molecule has 3 aromatic rings. The fraction of sp³-hybridized carbons (Fsp3) is 0.130. The van der Waals surface area contributed by atoms with Gasteiger partial charge in [-0.2, -0.15) is 0 Å². The fourth-order valence-electron chi connectivity index (χ4n) is 2.91. The van der Waals surface area contributed by atoms with Crippen LogP contribution in [0.5, 0.6) is 11.5 Å². The Morgan fingerprint density at radius 1 is 0.968 bits per heavy atom. The van der Waals surface area contributed by atoms with Crippen LogP contribution >= 0.6 is 39.1 Å². The number of nitrogens with one attached hydrogen (secondary N) is 2. The van der Waals surface area contributed by atoms with Gasteiger partial charge in [0.15, 0.2) is 0 Å². The van der Waals surface area contributed by atoms with Crippen LogP contribution < -0.4 is 15.4 Å². The zero-order valence-electron chi connectivity index (χ0n) is 17.0. The molecular weight excluding hydrogens is 503 g/mol. The molecule has 0 fully saturated rings. The molecular formula is C23H19BrCl2N2O3. The molecule has 0 atom stereocenters. The van der Waals surface area contributed by atoms with E-state index in [-0.39, 0.29) is 10.6 Å². The van der Waals surface area contributed by atoms with Crippen LogP contribution in [0, 0.1) is 20.8 Å². The van der Waals surface area contributed by atoms with Crippen molar-refractivity contribution in [1.29, 1.82) is 0 Å². The minimum absolute atomic E-state index is 0.207. The Morgan fingerprint density at radius 3 is 2.35 bits per heavy atom. The van der Waals surface area contributed by atoms with Crippen molar-refractivity contribution in [3.8, 4) is 11.5 Å². The first-order valence-electron chi connectivity index (χ1n) is 9.28. The highest BCUT2D eigenvalue weighted by Gasteiger charge is 2.18. The van der Waals surface area contributed by atoms with Crippen LogP contribution in [0.1, 0.15) is 27.0 Å². The van der Waals surface area contributed by atoms with E-state index in [1.54, 1.807) is 31.2 Å². The van der Waals surface area contributed by atoms with Crippen molar-refractivity contribution in [1.82, 2.24) is 5.32 Å². The number of carbonyl (C=O) groups is 2. The predicted octanol–water partition coefficient (Wildman–Crippen LogP) is 7.44. The van der Waals surface area contributed by atoms with E-state index in [1.165, 1.54) is 6.07 Å². The number of rotatable bonds is 4. The smallest absolute Gasteiger partial charge is 0.326 e. The standard InChI is InChI=1S/C23H19BrCl2N2O3/c1-12-10-15(24)8-9-19(12)31-21-13(2)11-18(14(3)20(21)26)27-23(30)28-22(29)16-6-4-5-7-17(16)25/h4-11H,1-3H3,(H2,27,28,29,30). The van der Waals surface area contributed by atoms with Gasteiger partial charge in [0.25, 0.3) is 5.91 Å². The Kier molecular flexibility index (Phi) is 7.26. The molecule has 0 radical (unpaired) electrons. The molecule has 0 saturated carbocycles. The van der Waals surface area contributed by atoms with E-state index < -0.39 is 11.9 Å². The number of aryl methyl sites for hydroxylation is 2. The van der Waals surface area contributed by atoms with Gasteiger partial charge < -0.3 is 10.1 Å². The van der Waals surface area contributed by atoms with Gasteiger partial charge in [0, 0.05) is 10.2 Å². The molecule has 0 unspecified atom stereocenters. The summed E-state index contributed by atoms with van der Waals surface area (Å²) >= 11 is 16.0. The molecule has 3 aromatic carbocycles. The normalized spacial score (nSPS) is 10.5. The molecule has 0 bridgehead atoms. The third-order valence-corrected chi connectivity index (χ3v) is 5.87. The summed E-state index contributed by atoms with van der Waals surface area (Å²) in [5.74, 6) is 0.577. The van der Waals surface area contributed by atoms with Crippen LogP contribution in [-0.2, 0) is 0 Å². The number of ether oxygens (including phenoxy) is 1. The van der Waals surface area contributed by atoms with Crippen LogP contribution in [0.25, 0.3) is 0 Å². The molecule has 0 aliphatic rings. The topological polar surface area (TPSA) is 67.4 Å². The largest absolute Gasteiger partial charge is 0.455 e. The minimum Gasteiger partial charge on any atom is -0.455 e. The predicted molar refractivity (Wildman–Crippen MR) is 128 cm³/mol. The number of imide groups is 1. The van der Waals surface area contributed by atoms with Gasteiger partial charge in [-0.05, 0) is 73.9 Å². The number of benzene rings is 3. The quantitative estimate of drug-likeness (QED) is 0.375. The van der Waals surface area contributed by atoms with Crippen molar-refractivity contribution < 1.29 is 14.3 Å². The fourth-order valence-corrected chi connectivity index (χ4v) is 3.90. The average molecular weight is 522 g/mol. The van der Waals surface area contributed by atoms with Gasteiger partial charge in [-0.1, -0.05) is 51.3 Å². The van der Waals surface area contributed by atoms with E-state index in [2.05, 4.69) is 26.6 Å². The van der Waals surface area contributed by atoms with Gasteiger partial charge in [0.1, 0.15) is 11.5 Å². The summed E-state index contributed by atoms with van der Waals surface area (Å²) in [4.78, 5) is 24.7. The second-order valence-corrected chi connectivity index (χ2v) is 8.61. The molecule has 5 nitrogen and oxygen atoms in total. The van der Waals surface area contributed by atoms with E-state index in [0.29, 0.717) is 27.8 Å². The Bertz CT molecular complexity index is 1180. The number of amides is 3. The Morgan fingerprint density at radius 2 is 1.68 bits per heavy atom. The van der Waals surface area contributed by atoms with Gasteiger partial charge in [0.2, 0.25) is 0 Å². The molecule has 0 spiro atoms. The summed E-state index contributed by atoms with van der Waals surface area (Å²) < 4.78 is 7.00. The molecule has 0 aliphatic heterocycles. The summed E-state index contributed by atoms with van der Waals surface area (Å²) in [7, 11) is 0. The van der Waals surface area contributed by atoms with Crippen molar-refractivity contribution in [2.24, 2.45) is 0 Å². The van der Waals surface area contributed by atoms with Crippen LogP contribution in [0.15, 0.2) is 53.0 Å². The average Bonchev–Trinajstić information content (AvgIpc) is 2.70. The van der Waals surface area contributed by atoms with Crippen LogP contribution in [0.2, 0.25) is 10.0 Å². The number of hydrogen-bond acceptors (Lipinski definition) is 3. The van der Waals surface area contributed by atoms with Crippen LogP contribution in [-0.4, -0.2) is 11.9 Å². The van der Waals surface area contributed by atoms with Crippen LogP contribution in [0.3, 0.4) is 0 Å². The second kappa shape index (κ2) is 9.73. The molecule has 0 saturated heterocycles. The molecule has 0 aliphatic carbocycles. The lowest BCUT2D eigenvalue weighted by molar-refractivity contribution is 0.0967. The van der Waals surface area contributed by atoms with Crippen molar-refractivity contribution in [3.63, 3.8) is 0 Å². The van der Waals surface area contributed by atoms with E-state index >= 15 is 0 Å². The van der Waals surface area contributed by atoms with Gasteiger partial charge in [-0.25, -0.2) is 4.79 Å². The van der Waals surface area contributed by atoms with Crippen molar-refractivity contribution in [2.45, 2.75) is 20.8 Å². The molecule has 0 aromatic heterocycles. The SMILES string of the molecule is Cc1cc(Br)ccc1Oc1c(C)cc(NC(=O)NC(=O)c2ccccc2Cl)c(C)c1Cl. The number of anilines is 1. The molecule has 2 N–H and O–H groups in total. The summed E-state index contributed by atoms with van der Waals surface area (Å²) in [6.45, 7) is 5.52. The van der Waals surface area contributed by atoms with E-state index in [9.17, 15) is 9.59 Å². The lowest BCUT2D eigenvalue weighted by atomic mass is 10.1. The Balaban J connectivity index is 1.79. The van der Waals surface area contributed by atoms with Crippen molar-refractivity contribution in [2.75, 3.05) is 5.32 Å². The molecule has 8 heteroatoms. The highest BCUT2D eigenvalue weighted by molar-refractivity contribution is 9.10. The molecule has 3 amide bonds. The Labute approximate surface area is 198 Å². The highest BCUT2D eigenvalue weighted by Crippen LogP contribution is 2.40. The molecule has 0 heterocycles. The van der Waals surface area contributed by atoms with Gasteiger partial charge >= 0.3 is 6.03 Å². The minimum atomic E-state index is -0.694. The molecule has 31 heavy (non-hydrogen) atoms. The van der Waals surface area contributed by atoms with E-state index in [1.807, 2.05) is 32.0 Å². The second-order valence-electron chi connectivity index (χ2n) is 6.91. The lowest BCUT2D eigenvalue weighted by Crippen LogP contribution is -2.34. The summed E-state index contributed by atoms with van der Waals surface area (Å²) in [5, 5.41) is 5.56. The first-order valence-corrected chi connectivity index (χ1v) is 10.8. The maximum Gasteiger partial charge on any atom is 0.326 e. The van der Waals surface area contributed by atoms with Gasteiger partial charge in [-0.3, -0.25) is 10.1 Å². The van der Waals surface area contributed by atoms with Gasteiger partial charge in [0.05, 0.1) is 15.6 Å². The van der Waals surface area contributed by atoms with Crippen molar-refractivity contribution >= 4 is 56.8 Å². The number of halogens is 3. The number of hydrogen-bond donors (Lipinski definition) is 2. The maximum atomic E-state index is 12.4. The van der Waals surface area contributed by atoms with E-state index in [0.717, 1.165) is 15.6 Å². The number of carbonyl (C=O) groups excluding carboxylic acids is 2. The summed E-state index contributed by atoms with van der Waals surface area (Å²) in [5.41, 5.74) is 2.95.